The van der Waals surface area contributed by atoms with Gasteiger partial charge in [-0.1, -0.05) is 6.07 Å². The smallest absolute Gasteiger partial charge is 0.228 e. The minimum Gasteiger partial charge on any atom is -0.326 e. The number of hydrogen-bond acceptors (Lipinski definition) is 3. The molecule has 1 heterocycles. The van der Waals surface area contributed by atoms with E-state index >= 15 is 0 Å². The Kier molecular flexibility index (Phi) is 2.45. The number of aromatic nitrogens is 1. The van der Waals surface area contributed by atoms with Crippen LogP contribution < -0.4 is 11.1 Å². The first-order valence-corrected chi connectivity index (χ1v) is 4.75. The molecule has 4 heteroatoms. The summed E-state index contributed by atoms with van der Waals surface area (Å²) in [6.45, 7) is 0.476. The largest absolute Gasteiger partial charge is 0.326 e. The van der Waals surface area contributed by atoms with Crippen LogP contribution in [0.5, 0.6) is 0 Å². The summed E-state index contributed by atoms with van der Waals surface area (Å²) in [6.07, 6.45) is 3.70. The molecule has 1 aliphatic carbocycles. The van der Waals surface area contributed by atoms with Crippen LogP contribution in [0.1, 0.15) is 18.4 Å². The Bertz CT molecular complexity index is 330. The van der Waals surface area contributed by atoms with Gasteiger partial charge in [-0.15, -0.1) is 0 Å². The maximum atomic E-state index is 11.4. The van der Waals surface area contributed by atoms with Crippen LogP contribution in [0.3, 0.4) is 0 Å². The number of anilines is 1. The summed E-state index contributed by atoms with van der Waals surface area (Å²) in [5, 5.41) is 2.76. The highest BCUT2D eigenvalue weighted by molar-refractivity contribution is 5.93. The lowest BCUT2D eigenvalue weighted by molar-refractivity contribution is -0.117. The molecule has 0 radical (unpaired) electrons. The van der Waals surface area contributed by atoms with Crippen LogP contribution >= 0.6 is 0 Å². The monoisotopic (exact) mass is 191 g/mol. The van der Waals surface area contributed by atoms with E-state index in [9.17, 15) is 4.79 Å². The fraction of sp³-hybridized carbons (Fsp3) is 0.400. The molecule has 1 fully saturated rings. The Balaban J connectivity index is 1.98. The van der Waals surface area contributed by atoms with Crippen LogP contribution in [0, 0.1) is 5.92 Å². The molecule has 1 aliphatic rings. The molecule has 1 saturated carbocycles. The molecule has 1 amide bonds. The maximum absolute atomic E-state index is 11.4. The zero-order chi connectivity index (χ0) is 9.97. The maximum Gasteiger partial charge on any atom is 0.228 e. The predicted molar refractivity (Wildman–Crippen MR) is 53.5 cm³/mol. The second-order valence-corrected chi connectivity index (χ2v) is 3.52. The summed E-state index contributed by atoms with van der Waals surface area (Å²) in [7, 11) is 0. The van der Waals surface area contributed by atoms with Crippen LogP contribution in [0.2, 0.25) is 0 Å². The van der Waals surface area contributed by atoms with Gasteiger partial charge in [0.15, 0.2) is 0 Å². The second-order valence-electron chi connectivity index (χ2n) is 3.52. The van der Waals surface area contributed by atoms with Gasteiger partial charge in [0.1, 0.15) is 5.82 Å². The highest BCUT2D eigenvalue weighted by Gasteiger charge is 2.29. The molecule has 2 rings (SSSR count). The zero-order valence-electron chi connectivity index (χ0n) is 7.86. The van der Waals surface area contributed by atoms with Crippen molar-refractivity contribution in [3.8, 4) is 0 Å². The minimum absolute atomic E-state index is 0.0815. The zero-order valence-corrected chi connectivity index (χ0v) is 7.86. The minimum atomic E-state index is 0.0815. The van der Waals surface area contributed by atoms with E-state index < -0.39 is 0 Å². The van der Waals surface area contributed by atoms with Crippen molar-refractivity contribution in [3.05, 3.63) is 23.9 Å². The van der Waals surface area contributed by atoms with E-state index in [4.69, 9.17) is 5.73 Å². The summed E-state index contributed by atoms with van der Waals surface area (Å²) in [5.74, 6) is 0.906. The van der Waals surface area contributed by atoms with E-state index in [1.807, 2.05) is 6.07 Å². The molecule has 0 bridgehead atoms. The van der Waals surface area contributed by atoms with Gasteiger partial charge >= 0.3 is 0 Å². The fourth-order valence-electron chi connectivity index (χ4n) is 1.19. The quantitative estimate of drug-likeness (QED) is 0.745. The number of hydrogen-bond donors (Lipinski definition) is 2. The number of pyridine rings is 1. The van der Waals surface area contributed by atoms with Gasteiger partial charge in [0, 0.05) is 18.7 Å². The van der Waals surface area contributed by atoms with Gasteiger partial charge < -0.3 is 11.1 Å². The number of nitrogens with one attached hydrogen (secondary N) is 1. The van der Waals surface area contributed by atoms with E-state index in [0.29, 0.717) is 12.4 Å². The number of nitrogens with two attached hydrogens (primary N) is 1. The average Bonchev–Trinajstić information content (AvgIpc) is 3.02. The van der Waals surface area contributed by atoms with Crippen molar-refractivity contribution < 1.29 is 4.79 Å². The van der Waals surface area contributed by atoms with Crippen molar-refractivity contribution in [2.45, 2.75) is 19.4 Å². The van der Waals surface area contributed by atoms with Crippen molar-refractivity contribution in [2.24, 2.45) is 11.7 Å². The van der Waals surface area contributed by atoms with Crippen LogP contribution in [0.4, 0.5) is 5.82 Å². The SMILES string of the molecule is NCc1ccc(NC(=O)C2CC2)nc1. The summed E-state index contributed by atoms with van der Waals surface area (Å²) in [6, 6.07) is 3.65. The molecule has 0 unspecified atom stereocenters. The Hall–Kier alpha value is -1.42. The lowest BCUT2D eigenvalue weighted by Gasteiger charge is -2.03. The molecule has 4 nitrogen and oxygen atoms in total. The molecule has 0 aromatic carbocycles. The third kappa shape index (κ3) is 2.09. The van der Waals surface area contributed by atoms with Crippen LogP contribution in [0.15, 0.2) is 18.3 Å². The molecule has 1 aromatic heterocycles. The van der Waals surface area contributed by atoms with Gasteiger partial charge in [0.05, 0.1) is 0 Å². The van der Waals surface area contributed by atoms with E-state index in [1.54, 1.807) is 12.3 Å². The van der Waals surface area contributed by atoms with Crippen LogP contribution in [-0.2, 0) is 11.3 Å². The van der Waals surface area contributed by atoms with E-state index in [-0.39, 0.29) is 11.8 Å². The summed E-state index contributed by atoms with van der Waals surface area (Å²) in [4.78, 5) is 15.4. The molecular formula is C10H13N3O. The van der Waals surface area contributed by atoms with Gasteiger partial charge in [-0.25, -0.2) is 4.98 Å². The molecule has 74 valence electrons. The first-order chi connectivity index (χ1) is 6.79. The van der Waals surface area contributed by atoms with Crippen molar-refractivity contribution in [3.63, 3.8) is 0 Å². The molecule has 0 aliphatic heterocycles. The van der Waals surface area contributed by atoms with Crippen molar-refractivity contribution >= 4 is 11.7 Å². The number of nitrogens with zero attached hydrogens (tertiary/aromatic N) is 1. The van der Waals surface area contributed by atoms with Gasteiger partial charge in [-0.2, -0.15) is 0 Å². The average molecular weight is 191 g/mol. The van der Waals surface area contributed by atoms with Gasteiger partial charge in [-0.3, -0.25) is 4.79 Å². The number of carbonyl (C=O) groups is 1. The molecule has 0 spiro atoms. The second kappa shape index (κ2) is 3.75. The van der Waals surface area contributed by atoms with Gasteiger partial charge in [0.25, 0.3) is 0 Å². The lowest BCUT2D eigenvalue weighted by Crippen LogP contribution is -2.14. The topological polar surface area (TPSA) is 68.0 Å². The van der Waals surface area contributed by atoms with Crippen molar-refractivity contribution in [1.82, 2.24) is 4.98 Å². The highest BCUT2D eigenvalue weighted by atomic mass is 16.2. The number of rotatable bonds is 3. The Morgan fingerprint density at radius 3 is 2.86 bits per heavy atom. The summed E-state index contributed by atoms with van der Waals surface area (Å²) >= 11 is 0. The van der Waals surface area contributed by atoms with Crippen LogP contribution in [0.25, 0.3) is 0 Å². The molecular weight excluding hydrogens is 178 g/mol. The molecule has 0 saturated heterocycles. The first kappa shape index (κ1) is 9.15. The van der Waals surface area contributed by atoms with E-state index in [1.165, 1.54) is 0 Å². The van der Waals surface area contributed by atoms with E-state index in [2.05, 4.69) is 10.3 Å². The van der Waals surface area contributed by atoms with Gasteiger partial charge in [-0.05, 0) is 24.5 Å². The fourth-order valence-corrected chi connectivity index (χ4v) is 1.19. The molecule has 14 heavy (non-hydrogen) atoms. The first-order valence-electron chi connectivity index (χ1n) is 4.75. The summed E-state index contributed by atoms with van der Waals surface area (Å²) in [5.41, 5.74) is 6.40. The van der Waals surface area contributed by atoms with Crippen molar-refractivity contribution in [2.75, 3.05) is 5.32 Å². The third-order valence-corrected chi connectivity index (χ3v) is 2.26. The lowest BCUT2D eigenvalue weighted by atomic mass is 10.3. The van der Waals surface area contributed by atoms with Crippen molar-refractivity contribution in [1.29, 1.82) is 0 Å². The standard InChI is InChI=1S/C10H13N3O/c11-5-7-1-4-9(12-6-7)13-10(14)8-2-3-8/h1,4,6,8H,2-3,5,11H2,(H,12,13,14). The molecule has 1 aromatic rings. The Labute approximate surface area is 82.5 Å². The number of carbonyl (C=O) groups excluding carboxylic acids is 1. The predicted octanol–water partition coefficient (Wildman–Crippen LogP) is 0.889. The summed E-state index contributed by atoms with van der Waals surface area (Å²) < 4.78 is 0. The normalized spacial score (nSPS) is 15.2. The molecule has 0 atom stereocenters. The third-order valence-electron chi connectivity index (χ3n) is 2.26. The highest BCUT2D eigenvalue weighted by Crippen LogP contribution is 2.29. The Morgan fingerprint density at radius 2 is 2.36 bits per heavy atom. The van der Waals surface area contributed by atoms with Crippen LogP contribution in [-0.4, -0.2) is 10.9 Å². The van der Waals surface area contributed by atoms with Gasteiger partial charge in [0.2, 0.25) is 5.91 Å². The van der Waals surface area contributed by atoms with E-state index in [0.717, 1.165) is 18.4 Å². The number of amides is 1. The Morgan fingerprint density at radius 1 is 1.57 bits per heavy atom. The molecule has 3 N–H and O–H groups in total.